The molecule has 5 heteroatoms. The summed E-state index contributed by atoms with van der Waals surface area (Å²) in [6.07, 6.45) is 4.14. The van der Waals surface area contributed by atoms with E-state index < -0.39 is 9.84 Å². The smallest absolute Gasteiger partial charge is 0.177 e. The van der Waals surface area contributed by atoms with E-state index in [1.165, 1.54) is 18.5 Å². The lowest BCUT2D eigenvalue weighted by Crippen LogP contribution is -1.98. The first-order valence-corrected chi connectivity index (χ1v) is 5.03. The van der Waals surface area contributed by atoms with Crippen molar-refractivity contribution in [1.82, 2.24) is 4.98 Å². The Morgan fingerprint density at radius 1 is 1.42 bits per heavy atom. The quantitative estimate of drug-likeness (QED) is 0.621. The summed E-state index contributed by atoms with van der Waals surface area (Å²) in [7, 11) is -3.26. The number of nitrogens with zero attached hydrogens (tertiary/aromatic N) is 1. The van der Waals surface area contributed by atoms with Crippen LogP contribution in [-0.4, -0.2) is 25.9 Å². The van der Waals surface area contributed by atoms with Crippen molar-refractivity contribution in [2.75, 3.05) is 6.26 Å². The molecular weight excluding hydrogens is 178 g/mol. The van der Waals surface area contributed by atoms with Gasteiger partial charge in [0.2, 0.25) is 0 Å². The third kappa shape index (κ3) is 1.88. The zero-order valence-electron chi connectivity index (χ0n) is 6.39. The van der Waals surface area contributed by atoms with Crippen LogP contribution >= 0.6 is 0 Å². The van der Waals surface area contributed by atoms with E-state index in [1.807, 2.05) is 0 Å². The fraction of sp³-hybridized carbons (Fsp3) is 0.143. The summed E-state index contributed by atoms with van der Waals surface area (Å²) in [6, 6.07) is 1.29. The van der Waals surface area contributed by atoms with Crippen LogP contribution in [0.5, 0.6) is 0 Å². The Balaban J connectivity index is 3.29. The number of aromatic nitrogens is 1. The second-order valence-electron chi connectivity index (χ2n) is 2.34. The number of aldehydes is 1. The third-order valence-corrected chi connectivity index (χ3v) is 2.38. The molecule has 0 radical (unpaired) electrons. The largest absolute Gasteiger partial charge is 0.298 e. The highest BCUT2D eigenvalue weighted by atomic mass is 32.2. The van der Waals surface area contributed by atoms with Gasteiger partial charge in [-0.2, -0.15) is 0 Å². The van der Waals surface area contributed by atoms with Gasteiger partial charge in [-0.3, -0.25) is 9.78 Å². The summed E-state index contributed by atoms with van der Waals surface area (Å²) < 4.78 is 21.9. The molecule has 0 aliphatic heterocycles. The molecule has 4 nitrogen and oxygen atoms in total. The van der Waals surface area contributed by atoms with Crippen molar-refractivity contribution in [3.63, 3.8) is 0 Å². The number of pyridine rings is 1. The molecule has 0 atom stereocenters. The number of carbonyl (C=O) groups excluding carboxylic acids is 1. The number of sulfone groups is 1. The molecule has 1 heterocycles. The number of rotatable bonds is 2. The SMILES string of the molecule is CS(=O)(=O)c1cncc(C=O)c1. The monoisotopic (exact) mass is 185 g/mol. The van der Waals surface area contributed by atoms with E-state index in [4.69, 9.17) is 0 Å². The standard InChI is InChI=1S/C7H7NO3S/c1-12(10,11)7-2-6(5-9)3-8-4-7/h2-5H,1H3. The summed E-state index contributed by atoms with van der Waals surface area (Å²) in [6.45, 7) is 0. The van der Waals surface area contributed by atoms with E-state index >= 15 is 0 Å². The van der Waals surface area contributed by atoms with Crippen LogP contribution in [0.2, 0.25) is 0 Å². The molecule has 0 amide bonds. The summed E-state index contributed by atoms with van der Waals surface area (Å²) in [4.78, 5) is 13.9. The van der Waals surface area contributed by atoms with E-state index in [2.05, 4.69) is 4.98 Å². The van der Waals surface area contributed by atoms with Gasteiger partial charge in [-0.05, 0) is 6.07 Å². The van der Waals surface area contributed by atoms with Crippen molar-refractivity contribution < 1.29 is 13.2 Å². The molecule has 1 aromatic rings. The van der Waals surface area contributed by atoms with Crippen LogP contribution in [0.4, 0.5) is 0 Å². The highest BCUT2D eigenvalue weighted by molar-refractivity contribution is 7.90. The second-order valence-corrected chi connectivity index (χ2v) is 4.36. The summed E-state index contributed by atoms with van der Waals surface area (Å²) >= 11 is 0. The Labute approximate surface area is 70.2 Å². The van der Waals surface area contributed by atoms with Crippen LogP contribution in [-0.2, 0) is 9.84 Å². The van der Waals surface area contributed by atoms with Gasteiger partial charge in [-0.25, -0.2) is 8.42 Å². The molecule has 0 aromatic carbocycles. The number of carbonyl (C=O) groups is 1. The average Bonchev–Trinajstić information content (AvgIpc) is 2.03. The Kier molecular flexibility index (Phi) is 2.23. The van der Waals surface area contributed by atoms with Crippen molar-refractivity contribution in [1.29, 1.82) is 0 Å². The fourth-order valence-corrected chi connectivity index (χ4v) is 1.31. The zero-order valence-corrected chi connectivity index (χ0v) is 7.21. The van der Waals surface area contributed by atoms with Crippen LogP contribution in [0.1, 0.15) is 10.4 Å². The van der Waals surface area contributed by atoms with E-state index in [9.17, 15) is 13.2 Å². The molecule has 0 saturated carbocycles. The molecule has 0 aliphatic carbocycles. The van der Waals surface area contributed by atoms with Gasteiger partial charge >= 0.3 is 0 Å². The van der Waals surface area contributed by atoms with Crippen molar-refractivity contribution >= 4 is 16.1 Å². The normalized spacial score (nSPS) is 11.1. The van der Waals surface area contributed by atoms with Gasteiger partial charge in [-0.15, -0.1) is 0 Å². The average molecular weight is 185 g/mol. The lowest BCUT2D eigenvalue weighted by atomic mass is 10.3. The van der Waals surface area contributed by atoms with Crippen molar-refractivity contribution in [3.8, 4) is 0 Å². The second kappa shape index (κ2) is 3.02. The van der Waals surface area contributed by atoms with Gasteiger partial charge < -0.3 is 0 Å². The van der Waals surface area contributed by atoms with Crippen LogP contribution in [0.25, 0.3) is 0 Å². The molecule has 0 unspecified atom stereocenters. The zero-order chi connectivity index (χ0) is 9.19. The van der Waals surface area contributed by atoms with Crippen LogP contribution < -0.4 is 0 Å². The molecule has 64 valence electrons. The predicted octanol–water partition coefficient (Wildman–Crippen LogP) is 0.298. The predicted molar refractivity (Wildman–Crippen MR) is 42.7 cm³/mol. The van der Waals surface area contributed by atoms with Gasteiger partial charge in [0.05, 0.1) is 4.90 Å². The Bertz CT molecular complexity index is 397. The van der Waals surface area contributed by atoms with E-state index in [1.54, 1.807) is 0 Å². The van der Waals surface area contributed by atoms with E-state index in [-0.39, 0.29) is 10.5 Å². The molecule has 0 fully saturated rings. The first-order chi connectivity index (χ1) is 5.54. The van der Waals surface area contributed by atoms with Gasteiger partial charge in [0.1, 0.15) is 0 Å². The maximum atomic E-state index is 10.9. The lowest BCUT2D eigenvalue weighted by Gasteiger charge is -1.96. The fourth-order valence-electron chi connectivity index (χ4n) is 0.703. The van der Waals surface area contributed by atoms with Crippen LogP contribution in [0.3, 0.4) is 0 Å². The van der Waals surface area contributed by atoms with Crippen LogP contribution in [0.15, 0.2) is 23.4 Å². The molecule has 12 heavy (non-hydrogen) atoms. The first kappa shape index (κ1) is 8.86. The van der Waals surface area contributed by atoms with Crippen molar-refractivity contribution in [3.05, 3.63) is 24.0 Å². The summed E-state index contributed by atoms with van der Waals surface area (Å²) in [5.41, 5.74) is 0.262. The maximum Gasteiger partial charge on any atom is 0.177 e. The molecule has 1 rings (SSSR count). The lowest BCUT2D eigenvalue weighted by molar-refractivity contribution is 0.112. The minimum Gasteiger partial charge on any atom is -0.298 e. The molecule has 1 aromatic heterocycles. The molecule has 0 saturated heterocycles. The van der Waals surface area contributed by atoms with E-state index in [0.29, 0.717) is 6.29 Å². The van der Waals surface area contributed by atoms with Crippen LogP contribution in [0, 0.1) is 0 Å². The molecule has 0 bridgehead atoms. The summed E-state index contributed by atoms with van der Waals surface area (Å²) in [5.74, 6) is 0. The third-order valence-electron chi connectivity index (χ3n) is 1.30. The topological polar surface area (TPSA) is 64.1 Å². The highest BCUT2D eigenvalue weighted by Crippen LogP contribution is 2.07. The molecule has 0 aliphatic rings. The van der Waals surface area contributed by atoms with Crippen molar-refractivity contribution in [2.24, 2.45) is 0 Å². The molecule has 0 spiro atoms. The van der Waals surface area contributed by atoms with Gasteiger partial charge in [0.25, 0.3) is 0 Å². The Hall–Kier alpha value is -1.23. The van der Waals surface area contributed by atoms with E-state index in [0.717, 1.165) is 6.26 Å². The van der Waals surface area contributed by atoms with Gasteiger partial charge in [0.15, 0.2) is 16.1 Å². The Morgan fingerprint density at radius 3 is 2.58 bits per heavy atom. The number of hydrogen-bond donors (Lipinski definition) is 0. The van der Waals surface area contributed by atoms with Gasteiger partial charge in [-0.1, -0.05) is 0 Å². The minimum absolute atomic E-state index is 0.0621. The Morgan fingerprint density at radius 2 is 2.08 bits per heavy atom. The highest BCUT2D eigenvalue weighted by Gasteiger charge is 2.07. The molecule has 0 N–H and O–H groups in total. The first-order valence-electron chi connectivity index (χ1n) is 3.14. The van der Waals surface area contributed by atoms with Crippen molar-refractivity contribution in [2.45, 2.75) is 4.90 Å². The summed E-state index contributed by atoms with van der Waals surface area (Å²) in [5, 5.41) is 0. The molecular formula is C7H7NO3S. The maximum absolute atomic E-state index is 10.9. The number of hydrogen-bond acceptors (Lipinski definition) is 4. The minimum atomic E-state index is -3.26. The van der Waals surface area contributed by atoms with Gasteiger partial charge in [0, 0.05) is 24.2 Å².